The number of aromatic nitrogens is 3. The molecule has 1 rings (SSSR count). The van der Waals surface area contributed by atoms with Crippen LogP contribution >= 0.6 is 0 Å². The molecule has 0 aliphatic rings. The fourth-order valence-electron chi connectivity index (χ4n) is 0.427. The second-order valence-electron chi connectivity index (χ2n) is 1.86. The zero-order chi connectivity index (χ0) is 11.4. The summed E-state index contributed by atoms with van der Waals surface area (Å²) in [6, 6.07) is 0. The summed E-state index contributed by atoms with van der Waals surface area (Å²) >= 11 is 0. The van der Waals surface area contributed by atoms with E-state index in [0.29, 0.717) is 0 Å². The zero-order valence-corrected chi connectivity index (χ0v) is 7.51. The van der Waals surface area contributed by atoms with Crippen LogP contribution in [0.5, 0.6) is 0 Å². The van der Waals surface area contributed by atoms with Gasteiger partial charge in [-0.1, -0.05) is 0 Å². The fraction of sp³-hybridized carbons (Fsp3) is 0. The van der Waals surface area contributed by atoms with Crippen molar-refractivity contribution in [3.63, 3.8) is 0 Å². The summed E-state index contributed by atoms with van der Waals surface area (Å²) in [5, 5.41) is 0. The third-order valence-electron chi connectivity index (χ3n) is 0.687. The first-order chi connectivity index (χ1) is 6.18. The van der Waals surface area contributed by atoms with Crippen molar-refractivity contribution in [1.29, 1.82) is 0 Å². The molecule has 0 amide bonds. The minimum absolute atomic E-state index is 0. The van der Waals surface area contributed by atoms with E-state index in [2.05, 4.69) is 15.0 Å². The van der Waals surface area contributed by atoms with Gasteiger partial charge in [-0.3, -0.25) is 9.11 Å². The molecule has 0 fully saturated rings. The molecule has 1 aromatic rings. The Balaban J connectivity index is 0. The summed E-state index contributed by atoms with van der Waals surface area (Å²) in [6.45, 7) is 0. The summed E-state index contributed by atoms with van der Waals surface area (Å²) in [6.07, 6.45) is 0. The summed E-state index contributed by atoms with van der Waals surface area (Å²) in [5.74, 6) is 0.125. The second-order valence-corrected chi connectivity index (χ2v) is 2.75. The molecule has 15 heavy (non-hydrogen) atoms. The Morgan fingerprint density at radius 2 is 1.00 bits per heavy atom. The molecule has 0 bridgehead atoms. The summed E-state index contributed by atoms with van der Waals surface area (Å²) in [4.78, 5) is 10.5. The molecule has 8 N–H and O–H groups in total. The predicted octanol–water partition coefficient (Wildman–Crippen LogP) is -2.68. The van der Waals surface area contributed by atoms with Gasteiger partial charge in [0.15, 0.2) is 0 Å². The molecule has 10 nitrogen and oxygen atoms in total. The van der Waals surface area contributed by atoms with Crippen LogP contribution < -0.4 is 17.2 Å². The maximum absolute atomic E-state index is 8.74. The molecule has 0 aromatic carbocycles. The van der Waals surface area contributed by atoms with E-state index >= 15 is 0 Å². The normalized spacial score (nSPS) is 9.47. The standard InChI is InChI=1S/C3H6N6.K.H2O4S.H/c4-1-7-2(5)9-3(6)8-1;;1-5(2,3)4;/h(H6,4,5,6,7,8,9);;(H2,1,2,3,4);. The third kappa shape index (κ3) is 13.9. The molecule has 0 aliphatic heterocycles. The average Bonchev–Trinajstić information content (AvgIpc) is 1.77. The number of nitrogen functional groups attached to an aromatic ring is 3. The van der Waals surface area contributed by atoms with Crippen LogP contribution in [0.2, 0.25) is 0 Å². The fourth-order valence-corrected chi connectivity index (χ4v) is 0.427. The van der Waals surface area contributed by atoms with Crippen LogP contribution in [0.3, 0.4) is 0 Å². The van der Waals surface area contributed by atoms with Crippen molar-refractivity contribution in [3.8, 4) is 0 Å². The molecular formula is C3H9KN6O4S. The van der Waals surface area contributed by atoms with E-state index < -0.39 is 10.4 Å². The number of nitrogens with zero attached hydrogens (tertiary/aromatic N) is 3. The number of nitrogens with two attached hydrogens (primary N) is 3. The third-order valence-corrected chi connectivity index (χ3v) is 0.687. The van der Waals surface area contributed by atoms with E-state index in [1.54, 1.807) is 0 Å². The van der Waals surface area contributed by atoms with Gasteiger partial charge in [-0.05, 0) is 0 Å². The molecule has 12 heteroatoms. The molecule has 0 atom stereocenters. The molecular weight excluding hydrogens is 255 g/mol. The van der Waals surface area contributed by atoms with Gasteiger partial charge in [-0.15, -0.1) is 0 Å². The van der Waals surface area contributed by atoms with Gasteiger partial charge in [0, 0.05) is 0 Å². The van der Waals surface area contributed by atoms with Crippen molar-refractivity contribution in [2.45, 2.75) is 0 Å². The van der Waals surface area contributed by atoms with Crippen molar-refractivity contribution in [1.82, 2.24) is 15.0 Å². The maximum atomic E-state index is 8.74. The Morgan fingerprint density at radius 3 is 1.13 bits per heavy atom. The predicted molar refractivity (Wildman–Crippen MR) is 54.4 cm³/mol. The molecule has 1 heterocycles. The van der Waals surface area contributed by atoms with Crippen molar-refractivity contribution >= 4 is 79.6 Å². The van der Waals surface area contributed by atoms with Crippen LogP contribution in [0.4, 0.5) is 17.8 Å². The van der Waals surface area contributed by atoms with Gasteiger partial charge in [0.05, 0.1) is 0 Å². The molecule has 0 spiro atoms. The quantitative estimate of drug-likeness (QED) is 0.243. The Morgan fingerprint density at radius 1 is 0.867 bits per heavy atom. The van der Waals surface area contributed by atoms with Crippen LogP contribution in [-0.2, 0) is 10.4 Å². The number of hydrogen-bond acceptors (Lipinski definition) is 8. The van der Waals surface area contributed by atoms with E-state index in [1.165, 1.54) is 0 Å². The van der Waals surface area contributed by atoms with Gasteiger partial charge < -0.3 is 17.2 Å². The number of anilines is 3. The Bertz CT molecular complexity index is 350. The summed E-state index contributed by atoms with van der Waals surface area (Å²) in [7, 11) is -4.67. The van der Waals surface area contributed by atoms with Gasteiger partial charge in [-0.25, -0.2) is 0 Å². The van der Waals surface area contributed by atoms with Crippen LogP contribution in [0.15, 0.2) is 0 Å². The van der Waals surface area contributed by atoms with Gasteiger partial charge in [0.2, 0.25) is 17.8 Å². The van der Waals surface area contributed by atoms with Gasteiger partial charge in [-0.2, -0.15) is 23.4 Å². The van der Waals surface area contributed by atoms with Gasteiger partial charge in [0.1, 0.15) is 0 Å². The van der Waals surface area contributed by atoms with E-state index in [4.69, 9.17) is 34.7 Å². The first-order valence-electron chi connectivity index (χ1n) is 2.91. The van der Waals surface area contributed by atoms with Crippen LogP contribution in [0, 0.1) is 0 Å². The topological polar surface area (TPSA) is 191 Å². The van der Waals surface area contributed by atoms with Crippen molar-refractivity contribution in [2.75, 3.05) is 17.2 Å². The van der Waals surface area contributed by atoms with Crippen LogP contribution in [-0.4, -0.2) is 83.9 Å². The van der Waals surface area contributed by atoms with Crippen molar-refractivity contribution < 1.29 is 17.5 Å². The minimum atomic E-state index is -4.67. The number of hydrogen-bond donors (Lipinski definition) is 5. The Labute approximate surface area is 128 Å². The molecule has 1 aromatic heterocycles. The van der Waals surface area contributed by atoms with E-state index in [0.717, 1.165) is 0 Å². The first kappa shape index (κ1) is 17.3. The first-order valence-corrected chi connectivity index (χ1v) is 4.30. The van der Waals surface area contributed by atoms with E-state index in [1.807, 2.05) is 0 Å². The van der Waals surface area contributed by atoms with Crippen LogP contribution in [0.25, 0.3) is 0 Å². The monoisotopic (exact) mass is 264 g/mol. The Hall–Kier alpha value is -0.0836. The molecule has 0 radical (unpaired) electrons. The SMILES string of the molecule is Nc1nc(N)nc(N)n1.O=S(=O)(O)O.[KH]. The molecule has 0 saturated carbocycles. The molecule has 0 unspecified atom stereocenters. The second kappa shape index (κ2) is 7.23. The molecule has 82 valence electrons. The van der Waals surface area contributed by atoms with E-state index in [9.17, 15) is 0 Å². The van der Waals surface area contributed by atoms with Gasteiger partial charge in [0.25, 0.3) is 0 Å². The summed E-state index contributed by atoms with van der Waals surface area (Å²) in [5.41, 5.74) is 15.4. The number of rotatable bonds is 0. The van der Waals surface area contributed by atoms with Gasteiger partial charge >= 0.3 is 61.8 Å². The Kier molecular flexibility index (Phi) is 8.35. The molecule has 0 saturated heterocycles. The zero-order valence-electron chi connectivity index (χ0n) is 6.69. The molecule has 0 aliphatic carbocycles. The summed E-state index contributed by atoms with van der Waals surface area (Å²) < 4.78 is 31.6. The average molecular weight is 264 g/mol. The van der Waals surface area contributed by atoms with E-state index in [-0.39, 0.29) is 69.2 Å². The van der Waals surface area contributed by atoms with Crippen molar-refractivity contribution in [2.24, 2.45) is 0 Å². The van der Waals surface area contributed by atoms with Crippen LogP contribution in [0.1, 0.15) is 0 Å². The van der Waals surface area contributed by atoms with Crippen molar-refractivity contribution in [3.05, 3.63) is 0 Å².